The summed E-state index contributed by atoms with van der Waals surface area (Å²) >= 11 is 6.52. The standard InChI is InChI=1S/C21H19N3O4S2/c25-18-5-1-4-16-14-7-13(10-23(16)18)9-22(11-14)19(26)12-24-20(27)17(30-21(24)29)8-15-3-2-6-28-15/h1-6,8,13-14H,7,9-12H2/b17-8-/t13-,14+/m1/s1. The number of fused-ring (bicyclic) bond motifs is 4. The Kier molecular flexibility index (Phi) is 4.86. The lowest BCUT2D eigenvalue weighted by Gasteiger charge is -2.43. The number of rotatable bonds is 3. The second-order valence-corrected chi connectivity index (χ2v) is 9.46. The highest BCUT2D eigenvalue weighted by Crippen LogP contribution is 2.36. The summed E-state index contributed by atoms with van der Waals surface area (Å²) in [6.45, 7) is 1.70. The minimum Gasteiger partial charge on any atom is -0.465 e. The zero-order chi connectivity index (χ0) is 20.8. The molecule has 0 saturated carbocycles. The molecule has 3 aliphatic rings. The van der Waals surface area contributed by atoms with Crippen LogP contribution in [0, 0.1) is 5.92 Å². The van der Waals surface area contributed by atoms with Gasteiger partial charge in [0.2, 0.25) is 5.91 Å². The van der Waals surface area contributed by atoms with Crippen molar-refractivity contribution in [3.05, 3.63) is 63.3 Å². The van der Waals surface area contributed by atoms with Gasteiger partial charge in [0.15, 0.2) is 0 Å². The molecule has 2 amide bonds. The third-order valence-electron chi connectivity index (χ3n) is 5.82. The van der Waals surface area contributed by atoms with Gasteiger partial charge in [0.05, 0.1) is 11.2 Å². The molecule has 0 N–H and O–H groups in total. The number of thioether (sulfide) groups is 1. The molecule has 9 heteroatoms. The van der Waals surface area contributed by atoms with Gasteiger partial charge in [-0.05, 0) is 30.5 Å². The van der Waals surface area contributed by atoms with Gasteiger partial charge >= 0.3 is 0 Å². The molecule has 2 saturated heterocycles. The van der Waals surface area contributed by atoms with Gasteiger partial charge in [-0.1, -0.05) is 30.0 Å². The van der Waals surface area contributed by atoms with E-state index in [4.69, 9.17) is 16.6 Å². The fourth-order valence-electron chi connectivity index (χ4n) is 4.47. The fraction of sp³-hybridized carbons (Fsp3) is 0.333. The lowest BCUT2D eigenvalue weighted by atomic mass is 9.83. The van der Waals surface area contributed by atoms with Gasteiger partial charge in [-0.15, -0.1) is 0 Å². The highest BCUT2D eigenvalue weighted by atomic mass is 32.2. The lowest BCUT2D eigenvalue weighted by Crippen LogP contribution is -2.51. The second kappa shape index (κ2) is 7.55. The van der Waals surface area contributed by atoms with Crippen LogP contribution in [0.4, 0.5) is 0 Å². The number of hydrogen-bond donors (Lipinski definition) is 0. The SMILES string of the molecule is O=C(CN1C(=O)/C(=C/c2ccco2)SC1=S)N1C[C@H]2C[C@@H](C1)c1cccc(=O)n1C2. The van der Waals surface area contributed by atoms with Crippen LogP contribution in [0.15, 0.2) is 50.7 Å². The van der Waals surface area contributed by atoms with Gasteiger partial charge in [-0.3, -0.25) is 19.3 Å². The van der Waals surface area contributed by atoms with E-state index in [0.717, 1.165) is 12.1 Å². The van der Waals surface area contributed by atoms with E-state index in [0.29, 0.717) is 34.6 Å². The van der Waals surface area contributed by atoms with E-state index >= 15 is 0 Å². The first-order chi connectivity index (χ1) is 14.5. The average Bonchev–Trinajstić information content (AvgIpc) is 3.33. The van der Waals surface area contributed by atoms with Crippen molar-refractivity contribution in [2.45, 2.75) is 18.9 Å². The number of carbonyl (C=O) groups is 2. The Morgan fingerprint density at radius 3 is 2.87 bits per heavy atom. The van der Waals surface area contributed by atoms with Crippen molar-refractivity contribution in [2.24, 2.45) is 5.92 Å². The van der Waals surface area contributed by atoms with Crippen LogP contribution in [-0.4, -0.2) is 50.1 Å². The number of amides is 2. The molecule has 2 fully saturated rings. The van der Waals surface area contributed by atoms with Crippen molar-refractivity contribution in [1.29, 1.82) is 0 Å². The summed E-state index contributed by atoms with van der Waals surface area (Å²) in [7, 11) is 0. The van der Waals surface area contributed by atoms with E-state index in [1.807, 2.05) is 15.5 Å². The van der Waals surface area contributed by atoms with Gasteiger partial charge in [0, 0.05) is 43.4 Å². The number of carbonyl (C=O) groups excluding carboxylic acids is 2. The molecule has 3 aliphatic heterocycles. The molecular weight excluding hydrogens is 422 g/mol. The smallest absolute Gasteiger partial charge is 0.266 e. The topological polar surface area (TPSA) is 75.8 Å². The number of hydrogen-bond acceptors (Lipinski definition) is 6. The third kappa shape index (κ3) is 3.41. The molecule has 5 rings (SSSR count). The van der Waals surface area contributed by atoms with Crippen molar-refractivity contribution < 1.29 is 14.0 Å². The summed E-state index contributed by atoms with van der Waals surface area (Å²) < 4.78 is 7.48. The zero-order valence-electron chi connectivity index (χ0n) is 16.0. The van der Waals surface area contributed by atoms with Gasteiger partial charge in [-0.25, -0.2) is 0 Å². The van der Waals surface area contributed by atoms with Crippen molar-refractivity contribution in [2.75, 3.05) is 19.6 Å². The van der Waals surface area contributed by atoms with Crippen molar-refractivity contribution >= 4 is 46.2 Å². The minimum atomic E-state index is -0.274. The average molecular weight is 442 g/mol. The fourth-order valence-corrected chi connectivity index (χ4v) is 5.71. The second-order valence-electron chi connectivity index (χ2n) is 7.78. The number of furan rings is 1. The Morgan fingerprint density at radius 2 is 2.07 bits per heavy atom. The summed E-state index contributed by atoms with van der Waals surface area (Å²) in [5.41, 5.74) is 1.01. The number of thiocarbonyl (C=S) groups is 1. The summed E-state index contributed by atoms with van der Waals surface area (Å²) in [6.07, 6.45) is 4.15. The number of likely N-dealkylation sites (tertiary alicyclic amines) is 1. The highest BCUT2D eigenvalue weighted by molar-refractivity contribution is 8.26. The molecule has 154 valence electrons. The molecule has 2 bridgehead atoms. The monoisotopic (exact) mass is 441 g/mol. The summed E-state index contributed by atoms with van der Waals surface area (Å²) in [5.74, 6) is 0.557. The van der Waals surface area contributed by atoms with E-state index in [9.17, 15) is 14.4 Å². The number of aromatic nitrogens is 1. The summed E-state index contributed by atoms with van der Waals surface area (Å²) in [5, 5.41) is 0. The Bertz CT molecular complexity index is 1120. The maximum Gasteiger partial charge on any atom is 0.266 e. The lowest BCUT2D eigenvalue weighted by molar-refractivity contribution is -0.137. The maximum atomic E-state index is 13.0. The molecule has 0 unspecified atom stereocenters. The van der Waals surface area contributed by atoms with Crippen molar-refractivity contribution in [3.63, 3.8) is 0 Å². The molecule has 2 aromatic heterocycles. The Labute approximate surface area is 182 Å². The van der Waals surface area contributed by atoms with Crippen LogP contribution in [0.3, 0.4) is 0 Å². The molecule has 0 aromatic carbocycles. The summed E-state index contributed by atoms with van der Waals surface area (Å²) in [4.78, 5) is 41.6. The third-order valence-corrected chi connectivity index (χ3v) is 7.19. The number of pyridine rings is 1. The first-order valence-corrected chi connectivity index (χ1v) is 11.0. The molecule has 0 aliphatic carbocycles. The number of nitrogens with zero attached hydrogens (tertiary/aromatic N) is 3. The minimum absolute atomic E-state index is 0.0166. The van der Waals surface area contributed by atoms with Crippen molar-refractivity contribution in [1.82, 2.24) is 14.4 Å². The molecule has 2 atom stereocenters. The van der Waals surface area contributed by atoms with Crippen LogP contribution in [0.25, 0.3) is 6.08 Å². The Morgan fingerprint density at radius 1 is 1.20 bits per heavy atom. The largest absolute Gasteiger partial charge is 0.465 e. The first-order valence-electron chi connectivity index (χ1n) is 9.76. The summed E-state index contributed by atoms with van der Waals surface area (Å²) in [6, 6.07) is 8.83. The molecule has 0 radical (unpaired) electrons. The van der Waals surface area contributed by atoms with E-state index in [2.05, 4.69) is 0 Å². The predicted molar refractivity (Wildman–Crippen MR) is 117 cm³/mol. The van der Waals surface area contributed by atoms with E-state index in [1.54, 1.807) is 30.3 Å². The zero-order valence-corrected chi connectivity index (χ0v) is 17.7. The van der Waals surface area contributed by atoms with Crippen LogP contribution in [0.5, 0.6) is 0 Å². The van der Waals surface area contributed by atoms with Gasteiger partial charge in [0.25, 0.3) is 11.5 Å². The molecule has 0 spiro atoms. The van der Waals surface area contributed by atoms with Crippen LogP contribution >= 0.6 is 24.0 Å². The quantitative estimate of drug-likeness (QED) is 0.537. The number of piperidine rings is 1. The van der Waals surface area contributed by atoms with Gasteiger partial charge in [-0.2, -0.15) is 0 Å². The Balaban J connectivity index is 1.30. The van der Waals surface area contributed by atoms with Crippen molar-refractivity contribution in [3.8, 4) is 0 Å². The molecule has 2 aromatic rings. The van der Waals surface area contributed by atoms with Crippen LogP contribution < -0.4 is 5.56 Å². The van der Waals surface area contributed by atoms with Crippen LogP contribution in [-0.2, 0) is 16.1 Å². The molecule has 5 heterocycles. The van der Waals surface area contributed by atoms with Gasteiger partial charge < -0.3 is 13.9 Å². The van der Waals surface area contributed by atoms with E-state index < -0.39 is 0 Å². The predicted octanol–water partition coefficient (Wildman–Crippen LogP) is 2.29. The molecule has 7 nitrogen and oxygen atoms in total. The first kappa shape index (κ1) is 19.3. The van der Waals surface area contributed by atoms with Crippen LogP contribution in [0.1, 0.15) is 23.8 Å². The highest BCUT2D eigenvalue weighted by Gasteiger charge is 2.39. The molecular formula is C21H19N3O4S2. The van der Waals surface area contributed by atoms with Gasteiger partial charge in [0.1, 0.15) is 16.6 Å². The van der Waals surface area contributed by atoms with Crippen LogP contribution in [0.2, 0.25) is 0 Å². The maximum absolute atomic E-state index is 13.0. The Hall–Kier alpha value is -2.65. The van der Waals surface area contributed by atoms with E-state index in [-0.39, 0.29) is 35.8 Å². The molecule has 30 heavy (non-hydrogen) atoms. The normalized spacial score (nSPS) is 24.5. The van der Waals surface area contributed by atoms with E-state index in [1.165, 1.54) is 22.9 Å².